The molecule has 0 saturated heterocycles. The van der Waals surface area contributed by atoms with Crippen LogP contribution in [-0.4, -0.2) is 20.2 Å². The molecule has 0 fully saturated rings. The van der Waals surface area contributed by atoms with E-state index in [2.05, 4.69) is 5.32 Å². The topological polar surface area (TPSA) is 104 Å². The fourth-order valence-electron chi connectivity index (χ4n) is 1.96. The van der Waals surface area contributed by atoms with Crippen LogP contribution in [0.2, 0.25) is 0 Å². The average molecular weight is 361 g/mol. The summed E-state index contributed by atoms with van der Waals surface area (Å²) in [6.45, 7) is 3.84. The standard InChI is InChI=1S/C17H19N3O4S/c1-3-13-6-10-15(11-7-13)25(23,24)20-19-17(22)16(21)18-14-8-4-12(2)5-9-14/h4-11,20H,3H2,1-2H3,(H,18,21)(H,19,22). The zero-order valence-electron chi connectivity index (χ0n) is 13.9. The molecule has 0 radical (unpaired) electrons. The largest absolute Gasteiger partial charge is 0.324 e. The predicted octanol–water partition coefficient (Wildman–Crippen LogP) is 1.51. The van der Waals surface area contributed by atoms with Crippen molar-refractivity contribution in [1.29, 1.82) is 0 Å². The van der Waals surface area contributed by atoms with Gasteiger partial charge in [-0.25, -0.2) is 8.42 Å². The summed E-state index contributed by atoms with van der Waals surface area (Å²) in [7, 11) is -3.95. The van der Waals surface area contributed by atoms with Gasteiger partial charge in [-0.15, -0.1) is 4.83 Å². The van der Waals surface area contributed by atoms with Gasteiger partial charge in [0, 0.05) is 5.69 Å². The van der Waals surface area contributed by atoms with Gasteiger partial charge in [0.1, 0.15) is 0 Å². The van der Waals surface area contributed by atoms with Gasteiger partial charge < -0.3 is 5.32 Å². The Morgan fingerprint density at radius 2 is 1.52 bits per heavy atom. The minimum atomic E-state index is -3.95. The van der Waals surface area contributed by atoms with E-state index >= 15 is 0 Å². The summed E-state index contributed by atoms with van der Waals surface area (Å²) in [5.74, 6) is -2.10. The van der Waals surface area contributed by atoms with Crippen molar-refractivity contribution in [1.82, 2.24) is 10.3 Å². The molecule has 0 heterocycles. The van der Waals surface area contributed by atoms with Crippen LogP contribution < -0.4 is 15.6 Å². The summed E-state index contributed by atoms with van der Waals surface area (Å²) >= 11 is 0. The van der Waals surface area contributed by atoms with Crippen molar-refractivity contribution in [3.05, 3.63) is 59.7 Å². The van der Waals surface area contributed by atoms with Crippen molar-refractivity contribution < 1.29 is 18.0 Å². The molecule has 8 heteroatoms. The Balaban J connectivity index is 1.95. The Bertz CT molecular complexity index is 860. The quantitative estimate of drug-likeness (QED) is 0.554. The molecule has 2 aromatic carbocycles. The van der Waals surface area contributed by atoms with Crippen LogP contribution in [0.4, 0.5) is 5.69 Å². The van der Waals surface area contributed by atoms with Gasteiger partial charge in [0.15, 0.2) is 0 Å². The number of sulfonamides is 1. The molecule has 3 N–H and O–H groups in total. The van der Waals surface area contributed by atoms with Gasteiger partial charge >= 0.3 is 11.8 Å². The van der Waals surface area contributed by atoms with E-state index in [-0.39, 0.29) is 4.90 Å². The van der Waals surface area contributed by atoms with Gasteiger partial charge in [0.2, 0.25) is 0 Å². The Morgan fingerprint density at radius 3 is 2.08 bits per heavy atom. The number of carbonyl (C=O) groups is 2. The molecule has 7 nitrogen and oxygen atoms in total. The fraction of sp³-hybridized carbons (Fsp3) is 0.176. The number of amides is 2. The molecule has 0 aliphatic rings. The second-order valence-corrected chi connectivity index (χ2v) is 7.06. The number of nitrogens with one attached hydrogen (secondary N) is 3. The van der Waals surface area contributed by atoms with Gasteiger partial charge in [0.05, 0.1) is 4.90 Å². The number of anilines is 1. The highest BCUT2D eigenvalue weighted by molar-refractivity contribution is 7.89. The molecule has 0 unspecified atom stereocenters. The Labute approximate surface area is 146 Å². The van der Waals surface area contributed by atoms with Crippen molar-refractivity contribution in [2.24, 2.45) is 0 Å². The fourth-order valence-corrected chi connectivity index (χ4v) is 2.80. The van der Waals surface area contributed by atoms with Crippen LogP contribution in [-0.2, 0) is 26.0 Å². The van der Waals surface area contributed by atoms with Crippen molar-refractivity contribution >= 4 is 27.5 Å². The van der Waals surface area contributed by atoms with E-state index in [1.54, 1.807) is 36.4 Å². The monoisotopic (exact) mass is 361 g/mol. The minimum Gasteiger partial charge on any atom is -0.318 e. The first-order chi connectivity index (χ1) is 11.8. The lowest BCUT2D eigenvalue weighted by Crippen LogP contribution is -2.46. The Kier molecular flexibility index (Phi) is 5.89. The number of hydrogen-bond acceptors (Lipinski definition) is 4. The van der Waals surface area contributed by atoms with E-state index in [4.69, 9.17) is 0 Å². The smallest absolute Gasteiger partial charge is 0.318 e. The van der Waals surface area contributed by atoms with Gasteiger partial charge in [-0.05, 0) is 43.2 Å². The van der Waals surface area contributed by atoms with Gasteiger partial charge in [-0.3, -0.25) is 15.0 Å². The molecule has 0 saturated carbocycles. The first-order valence-electron chi connectivity index (χ1n) is 7.60. The number of hydrazine groups is 1. The molecule has 25 heavy (non-hydrogen) atoms. The summed E-state index contributed by atoms with van der Waals surface area (Å²) in [5.41, 5.74) is 4.32. The van der Waals surface area contributed by atoms with E-state index in [9.17, 15) is 18.0 Å². The van der Waals surface area contributed by atoms with Gasteiger partial charge in [0.25, 0.3) is 10.0 Å². The molecule has 132 valence electrons. The van der Waals surface area contributed by atoms with Crippen LogP contribution in [0.15, 0.2) is 53.4 Å². The highest BCUT2D eigenvalue weighted by Gasteiger charge is 2.19. The first kappa shape index (κ1) is 18.6. The molecule has 2 rings (SSSR count). The van der Waals surface area contributed by atoms with Crippen molar-refractivity contribution in [2.75, 3.05) is 5.32 Å². The van der Waals surface area contributed by atoms with Crippen LogP contribution in [0.5, 0.6) is 0 Å². The van der Waals surface area contributed by atoms with Crippen LogP contribution in [0.25, 0.3) is 0 Å². The minimum absolute atomic E-state index is 0.0102. The summed E-state index contributed by atoms with van der Waals surface area (Å²) in [5, 5.41) is 2.37. The van der Waals surface area contributed by atoms with Gasteiger partial charge in [-0.1, -0.05) is 36.8 Å². The zero-order chi connectivity index (χ0) is 18.4. The number of carbonyl (C=O) groups excluding carboxylic acids is 2. The lowest BCUT2D eigenvalue weighted by Gasteiger charge is -2.09. The maximum absolute atomic E-state index is 12.1. The molecular formula is C17H19N3O4S. The number of aryl methyl sites for hydroxylation is 2. The zero-order valence-corrected chi connectivity index (χ0v) is 14.7. The summed E-state index contributed by atoms with van der Waals surface area (Å²) in [4.78, 5) is 25.4. The van der Waals surface area contributed by atoms with Crippen molar-refractivity contribution in [3.63, 3.8) is 0 Å². The van der Waals surface area contributed by atoms with E-state index in [1.807, 2.05) is 24.1 Å². The van der Waals surface area contributed by atoms with Crippen molar-refractivity contribution in [3.8, 4) is 0 Å². The number of rotatable bonds is 5. The maximum Gasteiger partial charge on any atom is 0.324 e. The van der Waals surface area contributed by atoms with E-state index in [0.717, 1.165) is 17.5 Å². The first-order valence-corrected chi connectivity index (χ1v) is 9.09. The van der Waals surface area contributed by atoms with E-state index < -0.39 is 21.8 Å². The lowest BCUT2D eigenvalue weighted by molar-refractivity contribution is -0.136. The molecule has 0 bridgehead atoms. The average Bonchev–Trinajstić information content (AvgIpc) is 2.61. The van der Waals surface area contributed by atoms with Crippen LogP contribution in [0, 0.1) is 6.92 Å². The van der Waals surface area contributed by atoms with Crippen LogP contribution in [0.1, 0.15) is 18.1 Å². The second kappa shape index (κ2) is 7.91. The van der Waals surface area contributed by atoms with Crippen LogP contribution >= 0.6 is 0 Å². The number of benzene rings is 2. The Hall–Kier alpha value is -2.71. The molecule has 0 spiro atoms. The second-order valence-electron chi connectivity index (χ2n) is 5.38. The van der Waals surface area contributed by atoms with E-state index in [0.29, 0.717) is 5.69 Å². The van der Waals surface area contributed by atoms with Crippen LogP contribution in [0.3, 0.4) is 0 Å². The molecule has 0 aliphatic heterocycles. The number of hydrogen-bond donors (Lipinski definition) is 3. The molecule has 2 aromatic rings. The summed E-state index contributed by atoms with van der Waals surface area (Å²) in [6, 6.07) is 13.0. The SMILES string of the molecule is CCc1ccc(S(=O)(=O)NNC(=O)C(=O)Nc2ccc(C)cc2)cc1. The molecular weight excluding hydrogens is 342 g/mol. The molecule has 2 amide bonds. The third-order valence-electron chi connectivity index (χ3n) is 3.46. The van der Waals surface area contributed by atoms with Crippen molar-refractivity contribution in [2.45, 2.75) is 25.2 Å². The summed E-state index contributed by atoms with van der Waals surface area (Å²) < 4.78 is 24.2. The third-order valence-corrected chi connectivity index (χ3v) is 4.72. The highest BCUT2D eigenvalue weighted by Crippen LogP contribution is 2.10. The third kappa shape index (κ3) is 5.13. The summed E-state index contributed by atoms with van der Waals surface area (Å²) in [6.07, 6.45) is 0.781. The predicted molar refractivity (Wildman–Crippen MR) is 94.1 cm³/mol. The molecule has 0 aromatic heterocycles. The normalized spacial score (nSPS) is 11.0. The highest BCUT2D eigenvalue weighted by atomic mass is 32.2. The van der Waals surface area contributed by atoms with Gasteiger partial charge in [-0.2, -0.15) is 0 Å². The maximum atomic E-state index is 12.1. The molecule has 0 atom stereocenters. The van der Waals surface area contributed by atoms with E-state index in [1.165, 1.54) is 12.1 Å². The lowest BCUT2D eigenvalue weighted by atomic mass is 10.2. The molecule has 0 aliphatic carbocycles. The Morgan fingerprint density at radius 1 is 0.920 bits per heavy atom.